The van der Waals surface area contributed by atoms with E-state index in [2.05, 4.69) is 20.0 Å². The molecule has 31 heavy (non-hydrogen) atoms. The van der Waals surface area contributed by atoms with Gasteiger partial charge >= 0.3 is 0 Å². The van der Waals surface area contributed by atoms with E-state index < -0.39 is 16.1 Å². The number of aromatic nitrogens is 1. The molecule has 0 saturated carbocycles. The first-order valence-electron chi connectivity index (χ1n) is 10.1. The molecule has 0 saturated heterocycles. The van der Waals surface area contributed by atoms with Gasteiger partial charge < -0.3 is 9.73 Å². The third-order valence-electron chi connectivity index (χ3n) is 5.00. The van der Waals surface area contributed by atoms with Gasteiger partial charge in [0, 0.05) is 17.2 Å². The van der Waals surface area contributed by atoms with E-state index in [-0.39, 0.29) is 28.5 Å². The van der Waals surface area contributed by atoms with Crippen LogP contribution in [0.5, 0.6) is 0 Å². The van der Waals surface area contributed by atoms with Crippen molar-refractivity contribution in [1.82, 2.24) is 9.71 Å². The van der Waals surface area contributed by atoms with Crippen LogP contribution in [-0.4, -0.2) is 31.2 Å². The first-order valence-corrected chi connectivity index (χ1v) is 11.6. The van der Waals surface area contributed by atoms with Crippen molar-refractivity contribution in [2.45, 2.75) is 44.6 Å². The molecular formula is C22H24N4O4S. The normalized spacial score (nSPS) is 17.2. The van der Waals surface area contributed by atoms with Gasteiger partial charge in [0.15, 0.2) is 11.5 Å². The number of amides is 1. The van der Waals surface area contributed by atoms with E-state index in [4.69, 9.17) is 4.42 Å². The lowest BCUT2D eigenvalue weighted by Crippen LogP contribution is -2.34. The van der Waals surface area contributed by atoms with Crippen molar-refractivity contribution in [1.29, 1.82) is 0 Å². The van der Waals surface area contributed by atoms with Gasteiger partial charge in [0.25, 0.3) is 10.0 Å². The summed E-state index contributed by atoms with van der Waals surface area (Å²) in [6.45, 7) is 7.71. The summed E-state index contributed by atoms with van der Waals surface area (Å²) in [4.78, 5) is 22.1. The summed E-state index contributed by atoms with van der Waals surface area (Å²) in [5.41, 5.74) is 2.34. The SMILES string of the molecule is CC(C)c1nc2cc(NC(=O)[C@@H](N=C3NS(=O)(=O)c4ccccc43)C(C)C)ccc2o1. The standard InChI is InChI=1S/C22H24N4O4S/c1-12(2)19(25-20-15-7-5-6-8-18(15)31(28,29)26-20)21(27)23-14-9-10-17-16(11-14)24-22(30-17)13(3)4/h5-13,19H,1-4H3,(H,23,27)(H,25,26)/t19-/m0/s1. The molecule has 0 unspecified atom stereocenters. The molecule has 2 heterocycles. The largest absolute Gasteiger partial charge is 0.440 e. The molecule has 0 aliphatic carbocycles. The topological polar surface area (TPSA) is 114 Å². The van der Waals surface area contributed by atoms with Crippen LogP contribution in [0.2, 0.25) is 0 Å². The molecule has 0 spiro atoms. The summed E-state index contributed by atoms with van der Waals surface area (Å²) in [7, 11) is -3.67. The third kappa shape index (κ3) is 4.05. The Morgan fingerprint density at radius 2 is 1.87 bits per heavy atom. The number of rotatable bonds is 5. The average Bonchev–Trinajstić information content (AvgIpc) is 3.24. The van der Waals surface area contributed by atoms with E-state index in [1.807, 2.05) is 27.7 Å². The zero-order valence-corrected chi connectivity index (χ0v) is 18.5. The molecule has 162 valence electrons. The number of carbonyl (C=O) groups excluding carboxylic acids is 1. The number of hydrogen-bond donors (Lipinski definition) is 2. The molecule has 3 aromatic rings. The number of carbonyl (C=O) groups is 1. The van der Waals surface area contributed by atoms with Crippen LogP contribution in [0.1, 0.15) is 45.1 Å². The number of amidine groups is 1. The Hall–Kier alpha value is -3.20. The van der Waals surface area contributed by atoms with Gasteiger partial charge in [-0.2, -0.15) is 0 Å². The summed E-state index contributed by atoms with van der Waals surface area (Å²) in [6.07, 6.45) is 0. The predicted molar refractivity (Wildman–Crippen MR) is 119 cm³/mol. The van der Waals surface area contributed by atoms with E-state index in [0.717, 1.165) is 0 Å². The van der Waals surface area contributed by atoms with Gasteiger partial charge in [-0.3, -0.25) is 14.5 Å². The lowest BCUT2D eigenvalue weighted by Gasteiger charge is -2.17. The summed E-state index contributed by atoms with van der Waals surface area (Å²) in [6, 6.07) is 11.0. The number of oxazole rings is 1. The number of anilines is 1. The molecule has 8 nitrogen and oxygen atoms in total. The van der Waals surface area contributed by atoms with Gasteiger partial charge in [-0.25, -0.2) is 13.4 Å². The number of nitrogens with one attached hydrogen (secondary N) is 2. The molecule has 1 aliphatic rings. The van der Waals surface area contributed by atoms with Crippen LogP contribution in [0.3, 0.4) is 0 Å². The fourth-order valence-corrected chi connectivity index (χ4v) is 4.60. The summed E-state index contributed by atoms with van der Waals surface area (Å²) >= 11 is 0. The van der Waals surface area contributed by atoms with E-state index >= 15 is 0 Å². The summed E-state index contributed by atoms with van der Waals surface area (Å²) in [5.74, 6) is 0.478. The minimum Gasteiger partial charge on any atom is -0.440 e. The van der Waals surface area contributed by atoms with Crippen LogP contribution < -0.4 is 10.0 Å². The molecule has 1 aliphatic heterocycles. The van der Waals surface area contributed by atoms with Crippen LogP contribution in [0.15, 0.2) is 56.8 Å². The Morgan fingerprint density at radius 1 is 1.13 bits per heavy atom. The van der Waals surface area contributed by atoms with Gasteiger partial charge in [0.2, 0.25) is 5.91 Å². The summed E-state index contributed by atoms with van der Waals surface area (Å²) < 4.78 is 32.8. The quantitative estimate of drug-likeness (QED) is 0.629. The van der Waals surface area contributed by atoms with Crippen LogP contribution in [-0.2, 0) is 14.8 Å². The van der Waals surface area contributed by atoms with E-state index in [1.165, 1.54) is 6.07 Å². The smallest absolute Gasteiger partial charge is 0.263 e. The first-order chi connectivity index (χ1) is 14.7. The molecule has 0 bridgehead atoms. The molecule has 0 fully saturated rings. The number of hydrogen-bond acceptors (Lipinski definition) is 6. The van der Waals surface area contributed by atoms with Crippen molar-refractivity contribution in [3.63, 3.8) is 0 Å². The maximum atomic E-state index is 13.0. The second-order valence-electron chi connectivity index (χ2n) is 8.15. The van der Waals surface area contributed by atoms with Crippen LogP contribution in [0.4, 0.5) is 5.69 Å². The Kier molecular flexibility index (Phi) is 5.30. The maximum Gasteiger partial charge on any atom is 0.263 e. The monoisotopic (exact) mass is 440 g/mol. The fourth-order valence-electron chi connectivity index (χ4n) is 3.37. The lowest BCUT2D eigenvalue weighted by atomic mass is 10.0. The number of benzene rings is 2. The molecule has 0 radical (unpaired) electrons. The van der Waals surface area contributed by atoms with Crippen LogP contribution in [0.25, 0.3) is 11.1 Å². The minimum absolute atomic E-state index is 0.157. The van der Waals surface area contributed by atoms with Gasteiger partial charge in [0.1, 0.15) is 17.4 Å². The molecular weight excluding hydrogens is 416 g/mol. The van der Waals surface area contributed by atoms with Crippen LogP contribution in [0, 0.1) is 5.92 Å². The second kappa shape index (κ2) is 7.81. The molecule has 2 N–H and O–H groups in total. The number of fused-ring (bicyclic) bond motifs is 2. The Bertz CT molecular complexity index is 1290. The lowest BCUT2D eigenvalue weighted by molar-refractivity contribution is -0.118. The highest BCUT2D eigenvalue weighted by Gasteiger charge is 2.32. The maximum absolute atomic E-state index is 13.0. The Balaban J connectivity index is 1.62. The van der Waals surface area contributed by atoms with Crippen molar-refractivity contribution in [3.05, 3.63) is 53.9 Å². The van der Waals surface area contributed by atoms with Gasteiger partial charge in [-0.15, -0.1) is 0 Å². The second-order valence-corrected chi connectivity index (χ2v) is 9.80. The van der Waals surface area contributed by atoms with Crippen molar-refractivity contribution in [3.8, 4) is 0 Å². The predicted octanol–water partition coefficient (Wildman–Crippen LogP) is 3.65. The highest BCUT2D eigenvalue weighted by atomic mass is 32.2. The number of sulfonamides is 1. The van der Waals surface area contributed by atoms with Gasteiger partial charge in [-0.05, 0) is 36.2 Å². The highest BCUT2D eigenvalue weighted by molar-refractivity contribution is 7.90. The van der Waals surface area contributed by atoms with Crippen molar-refractivity contribution in [2.75, 3.05) is 5.32 Å². The molecule has 9 heteroatoms. The fraction of sp³-hybridized carbons (Fsp3) is 0.318. The molecule has 1 amide bonds. The highest BCUT2D eigenvalue weighted by Crippen LogP contribution is 2.26. The van der Waals surface area contributed by atoms with Crippen molar-refractivity contribution < 1.29 is 17.6 Å². The van der Waals surface area contributed by atoms with Gasteiger partial charge in [-0.1, -0.05) is 39.8 Å². The number of aliphatic imine (C=N–C) groups is 1. The minimum atomic E-state index is -3.67. The van der Waals surface area contributed by atoms with E-state index in [9.17, 15) is 13.2 Å². The molecule has 1 atom stereocenters. The average molecular weight is 441 g/mol. The number of nitrogens with zero attached hydrogens (tertiary/aromatic N) is 2. The zero-order chi connectivity index (χ0) is 22.3. The van der Waals surface area contributed by atoms with Gasteiger partial charge in [0.05, 0.1) is 4.90 Å². The van der Waals surface area contributed by atoms with Crippen LogP contribution >= 0.6 is 0 Å². The Morgan fingerprint density at radius 3 is 2.58 bits per heavy atom. The van der Waals surface area contributed by atoms with Crippen molar-refractivity contribution >= 4 is 38.6 Å². The van der Waals surface area contributed by atoms with E-state index in [1.54, 1.807) is 36.4 Å². The third-order valence-corrected chi connectivity index (χ3v) is 6.39. The molecule has 4 rings (SSSR count). The molecule has 2 aromatic carbocycles. The zero-order valence-electron chi connectivity index (χ0n) is 17.7. The summed E-state index contributed by atoms with van der Waals surface area (Å²) in [5, 5.41) is 2.87. The molecule has 1 aromatic heterocycles. The van der Waals surface area contributed by atoms with E-state index in [0.29, 0.717) is 28.2 Å². The van der Waals surface area contributed by atoms with Crippen molar-refractivity contribution in [2.24, 2.45) is 10.9 Å². The Labute approximate surface area is 180 Å². The first kappa shape index (κ1) is 21.0.